The standard InChI is InChI=1S/C45H29N3S/c1-4-11-30(12-5-1)33-19-23-35(24-20-33)43-46-44(36-25-21-34(22-26-36)31-13-6-2-7-14-31)48-45(47-43)39-18-10-17-38-40-29-37(32-15-8-3-9-16-32)27-28-41(40)49-42(38)39/h1-29H/i3D,8D,9D,10D,15D,16D,17D,18D,27D,28D,29D. The molecule has 4 heteroatoms. The molecule has 3 nitrogen and oxygen atoms in total. The van der Waals surface area contributed by atoms with Crippen LogP contribution in [0.5, 0.6) is 0 Å². The van der Waals surface area contributed by atoms with Gasteiger partial charge in [-0.05, 0) is 51.5 Å². The lowest BCUT2D eigenvalue weighted by Gasteiger charge is -2.10. The van der Waals surface area contributed by atoms with E-state index in [1.165, 1.54) is 0 Å². The van der Waals surface area contributed by atoms with Crippen molar-refractivity contribution in [3.63, 3.8) is 0 Å². The van der Waals surface area contributed by atoms with E-state index in [-0.39, 0.29) is 54.8 Å². The Bertz CT molecular complexity index is 3060. The summed E-state index contributed by atoms with van der Waals surface area (Å²) in [5, 5.41) is 0.0149. The van der Waals surface area contributed by atoms with Crippen molar-refractivity contribution in [3.05, 3.63) is 176 Å². The first-order valence-electron chi connectivity index (χ1n) is 21.0. The molecule has 0 unspecified atom stereocenters. The summed E-state index contributed by atoms with van der Waals surface area (Å²) in [5.74, 6) is 0.562. The number of benzene rings is 7. The molecule has 0 bridgehead atoms. The molecule has 0 amide bonds. The smallest absolute Gasteiger partial charge is 0.165 e. The molecule has 0 saturated heterocycles. The van der Waals surface area contributed by atoms with Crippen LogP contribution in [0, 0.1) is 0 Å². The van der Waals surface area contributed by atoms with Crippen LogP contribution in [-0.2, 0) is 0 Å². The van der Waals surface area contributed by atoms with Crippen LogP contribution in [0.4, 0.5) is 0 Å². The average Bonchev–Trinajstić information content (AvgIpc) is 3.69. The maximum absolute atomic E-state index is 9.38. The minimum atomic E-state index is -0.659. The van der Waals surface area contributed by atoms with E-state index in [1.807, 2.05) is 109 Å². The van der Waals surface area contributed by atoms with Crippen LogP contribution in [0.1, 0.15) is 15.1 Å². The third-order valence-electron chi connectivity index (χ3n) is 8.17. The van der Waals surface area contributed by atoms with Crippen molar-refractivity contribution in [1.82, 2.24) is 15.0 Å². The number of nitrogens with zero attached hydrogens (tertiary/aromatic N) is 3. The van der Waals surface area contributed by atoms with Crippen molar-refractivity contribution >= 4 is 31.5 Å². The van der Waals surface area contributed by atoms with Gasteiger partial charge in [0, 0.05) is 36.9 Å². The van der Waals surface area contributed by atoms with E-state index in [9.17, 15) is 2.74 Å². The summed E-state index contributed by atoms with van der Waals surface area (Å²) in [5.41, 5.74) is 4.58. The predicted octanol–water partition coefficient (Wildman–Crippen LogP) is 12.2. The summed E-state index contributed by atoms with van der Waals surface area (Å²) in [6.45, 7) is 0. The van der Waals surface area contributed by atoms with E-state index in [2.05, 4.69) is 0 Å². The highest BCUT2D eigenvalue weighted by Gasteiger charge is 2.17. The molecule has 0 aliphatic heterocycles. The molecule has 2 aromatic heterocycles. The second-order valence-electron chi connectivity index (χ2n) is 11.2. The van der Waals surface area contributed by atoms with Crippen LogP contribution in [0.2, 0.25) is 0 Å². The van der Waals surface area contributed by atoms with Crippen molar-refractivity contribution in [2.45, 2.75) is 0 Å². The maximum Gasteiger partial charge on any atom is 0.165 e. The van der Waals surface area contributed by atoms with Crippen molar-refractivity contribution in [2.75, 3.05) is 0 Å². The van der Waals surface area contributed by atoms with Crippen molar-refractivity contribution in [3.8, 4) is 67.5 Å². The fourth-order valence-electron chi connectivity index (χ4n) is 5.71. The number of fused-ring (bicyclic) bond motifs is 3. The maximum atomic E-state index is 9.38. The number of rotatable bonds is 6. The molecule has 9 rings (SSSR count). The number of aromatic nitrogens is 3. The lowest BCUT2D eigenvalue weighted by molar-refractivity contribution is 1.08. The highest BCUT2D eigenvalue weighted by atomic mass is 32.1. The minimum absolute atomic E-state index is 0.0133. The van der Waals surface area contributed by atoms with Gasteiger partial charge < -0.3 is 0 Å². The van der Waals surface area contributed by atoms with Crippen LogP contribution in [0.15, 0.2) is 176 Å². The quantitative estimate of drug-likeness (QED) is 0.179. The number of hydrogen-bond donors (Lipinski definition) is 0. The topological polar surface area (TPSA) is 38.7 Å². The fourth-order valence-corrected chi connectivity index (χ4v) is 6.77. The Morgan fingerprint density at radius 1 is 0.388 bits per heavy atom. The summed E-state index contributed by atoms with van der Waals surface area (Å²) in [6.07, 6.45) is 0. The van der Waals surface area contributed by atoms with E-state index in [4.69, 9.17) is 27.3 Å². The van der Waals surface area contributed by atoms with E-state index in [0.717, 1.165) is 33.6 Å². The molecule has 2 heterocycles. The molecular formula is C45H29N3S. The number of hydrogen-bond acceptors (Lipinski definition) is 4. The second-order valence-corrected chi connectivity index (χ2v) is 12.2. The summed E-state index contributed by atoms with van der Waals surface area (Å²) < 4.78 is 96.8. The molecule has 0 aliphatic carbocycles. The van der Waals surface area contributed by atoms with E-state index < -0.39 is 66.0 Å². The van der Waals surface area contributed by atoms with Crippen LogP contribution < -0.4 is 0 Å². The van der Waals surface area contributed by atoms with Gasteiger partial charge in [-0.15, -0.1) is 11.3 Å². The lowest BCUT2D eigenvalue weighted by atomic mass is 10.0. The first-order chi connectivity index (χ1) is 28.8. The lowest BCUT2D eigenvalue weighted by Crippen LogP contribution is -2.00. The molecule has 0 radical (unpaired) electrons. The Morgan fingerprint density at radius 2 is 0.918 bits per heavy atom. The highest BCUT2D eigenvalue weighted by molar-refractivity contribution is 7.26. The van der Waals surface area contributed by atoms with Gasteiger partial charge in [-0.2, -0.15) is 0 Å². The van der Waals surface area contributed by atoms with Crippen molar-refractivity contribution in [2.24, 2.45) is 0 Å². The van der Waals surface area contributed by atoms with Crippen LogP contribution in [0.3, 0.4) is 0 Å². The van der Waals surface area contributed by atoms with Gasteiger partial charge in [-0.1, -0.05) is 158 Å². The summed E-state index contributed by atoms with van der Waals surface area (Å²) in [7, 11) is 0. The van der Waals surface area contributed by atoms with E-state index >= 15 is 0 Å². The van der Waals surface area contributed by atoms with Gasteiger partial charge in [0.15, 0.2) is 17.5 Å². The Labute approximate surface area is 304 Å². The fraction of sp³-hybridized carbons (Fsp3) is 0. The molecule has 0 atom stereocenters. The Hall–Kier alpha value is -6.23. The minimum Gasteiger partial charge on any atom is -0.208 e. The summed E-state index contributed by atoms with van der Waals surface area (Å²) >= 11 is 0.950. The molecule has 0 saturated carbocycles. The zero-order valence-corrected chi connectivity index (χ0v) is 26.5. The Morgan fingerprint density at radius 3 is 1.51 bits per heavy atom. The Balaban J connectivity index is 1.30. The van der Waals surface area contributed by atoms with Crippen LogP contribution >= 0.6 is 11.3 Å². The Kier molecular flexibility index (Phi) is 4.96. The molecule has 7 aromatic carbocycles. The molecule has 0 N–H and O–H groups in total. The molecule has 0 aliphatic rings. The molecule has 49 heavy (non-hydrogen) atoms. The monoisotopic (exact) mass is 654 g/mol. The van der Waals surface area contributed by atoms with Gasteiger partial charge in [-0.3, -0.25) is 0 Å². The van der Waals surface area contributed by atoms with Gasteiger partial charge in [0.05, 0.1) is 15.1 Å². The van der Waals surface area contributed by atoms with Gasteiger partial charge >= 0.3 is 0 Å². The van der Waals surface area contributed by atoms with E-state index in [1.54, 1.807) is 0 Å². The predicted molar refractivity (Wildman–Crippen MR) is 205 cm³/mol. The highest BCUT2D eigenvalue weighted by Crippen LogP contribution is 2.41. The van der Waals surface area contributed by atoms with Crippen LogP contribution in [-0.4, -0.2) is 15.0 Å². The van der Waals surface area contributed by atoms with Gasteiger partial charge in [0.1, 0.15) is 0 Å². The summed E-state index contributed by atoms with van der Waals surface area (Å²) in [4.78, 5) is 14.6. The zero-order valence-electron chi connectivity index (χ0n) is 36.6. The average molecular weight is 655 g/mol. The molecule has 0 spiro atoms. The van der Waals surface area contributed by atoms with Gasteiger partial charge in [0.2, 0.25) is 0 Å². The van der Waals surface area contributed by atoms with Gasteiger partial charge in [0.25, 0.3) is 0 Å². The SMILES string of the molecule is [2H]c1c([2H])c([2H])c(-c2c([2H])c([2H])c3sc4c(-c5nc(-c6ccc(-c7ccccc7)cc6)nc(-c6ccc(-c7ccccc7)cc6)n5)c([2H])c([2H])c([2H])c4c3c2[2H])c([2H])c1[2H]. The third-order valence-corrected chi connectivity index (χ3v) is 9.29. The molecule has 9 aromatic rings. The zero-order chi connectivity index (χ0) is 42.1. The first-order valence-corrected chi connectivity index (χ1v) is 16.3. The molecule has 230 valence electrons. The van der Waals surface area contributed by atoms with E-state index in [0.29, 0.717) is 11.1 Å². The van der Waals surface area contributed by atoms with Crippen molar-refractivity contribution in [1.29, 1.82) is 0 Å². The van der Waals surface area contributed by atoms with Crippen molar-refractivity contribution < 1.29 is 15.1 Å². The summed E-state index contributed by atoms with van der Waals surface area (Å²) in [6, 6.07) is 29.2. The number of thiophene rings is 1. The third kappa shape index (κ3) is 5.58. The normalized spacial score (nSPS) is 14.4. The van der Waals surface area contributed by atoms with Crippen LogP contribution in [0.25, 0.3) is 87.7 Å². The largest absolute Gasteiger partial charge is 0.208 e. The molecule has 0 fully saturated rings. The first kappa shape index (κ1) is 19.6. The second kappa shape index (κ2) is 12.4. The molecular weight excluding hydrogens is 615 g/mol. The van der Waals surface area contributed by atoms with Gasteiger partial charge in [-0.25, -0.2) is 15.0 Å².